The number of hydrogen-bond donors (Lipinski definition) is 1. The van der Waals surface area contributed by atoms with Crippen molar-refractivity contribution in [3.63, 3.8) is 0 Å². The Morgan fingerprint density at radius 3 is 2.10 bits per heavy atom. The number of aliphatic hydroxyl groups is 1. The fourth-order valence-corrected chi connectivity index (χ4v) is 2.78. The van der Waals surface area contributed by atoms with Gasteiger partial charge >= 0.3 is 12.1 Å². The van der Waals surface area contributed by atoms with Crippen molar-refractivity contribution in [2.45, 2.75) is 58.9 Å². The van der Waals surface area contributed by atoms with E-state index in [2.05, 4.69) is 0 Å². The average Bonchev–Trinajstić information content (AvgIpc) is 2.69. The quantitative estimate of drug-likeness (QED) is 0.647. The van der Waals surface area contributed by atoms with Gasteiger partial charge in [0.1, 0.15) is 24.3 Å². The monoisotopic (exact) mass is 422 g/mol. The summed E-state index contributed by atoms with van der Waals surface area (Å²) in [5, 5.41) is 9.60. The Morgan fingerprint density at radius 1 is 1.03 bits per heavy atom. The van der Waals surface area contributed by atoms with E-state index in [1.165, 1.54) is 23.9 Å². The maximum Gasteiger partial charge on any atom is 0.410 e. The molecule has 1 rings (SSSR count). The molecule has 0 unspecified atom stereocenters. The lowest BCUT2D eigenvalue weighted by atomic mass is 10.0. The summed E-state index contributed by atoms with van der Waals surface area (Å²) in [7, 11) is 2.92. The molecule has 0 heterocycles. The molecule has 8 nitrogen and oxygen atoms in total. The van der Waals surface area contributed by atoms with Gasteiger partial charge in [0, 0.05) is 26.6 Å². The molecule has 0 bridgehead atoms. The Hall–Kier alpha value is -2.61. The lowest BCUT2D eigenvalue weighted by Crippen LogP contribution is -2.54. The Bertz CT molecular complexity index is 716. The molecule has 0 aliphatic heterocycles. The van der Waals surface area contributed by atoms with Crippen LogP contribution in [0.25, 0.3) is 0 Å². The number of carbonyl (C=O) groups excluding carboxylic acids is 3. The van der Waals surface area contributed by atoms with Crippen LogP contribution in [0.5, 0.6) is 0 Å². The molecule has 0 saturated heterocycles. The fourth-order valence-electron chi connectivity index (χ4n) is 2.78. The summed E-state index contributed by atoms with van der Waals surface area (Å²) in [5.41, 5.74) is 0.114. The SMILES string of the molecule is C[C@H](CO)[C@@H](C(=O)OCc1ccccc1)N(C)C(=O)[C@@H](C)N(C)C(=O)OC(C)(C)C. The number of rotatable bonds is 8. The van der Waals surface area contributed by atoms with E-state index >= 15 is 0 Å². The van der Waals surface area contributed by atoms with Crippen LogP contribution in [-0.2, 0) is 25.7 Å². The van der Waals surface area contributed by atoms with Gasteiger partial charge in [0.25, 0.3) is 0 Å². The van der Waals surface area contributed by atoms with Crippen molar-refractivity contribution >= 4 is 18.0 Å². The second kappa shape index (κ2) is 11.0. The number of carbonyl (C=O) groups is 3. The van der Waals surface area contributed by atoms with Crippen LogP contribution in [0.15, 0.2) is 30.3 Å². The first-order valence-electron chi connectivity index (χ1n) is 9.93. The zero-order valence-corrected chi connectivity index (χ0v) is 18.9. The van der Waals surface area contributed by atoms with Crippen LogP contribution in [0.2, 0.25) is 0 Å². The average molecular weight is 423 g/mol. The van der Waals surface area contributed by atoms with Crippen molar-refractivity contribution < 1.29 is 29.0 Å². The molecule has 0 aliphatic carbocycles. The van der Waals surface area contributed by atoms with Crippen LogP contribution in [0.1, 0.15) is 40.2 Å². The van der Waals surface area contributed by atoms with Crippen LogP contribution in [0.4, 0.5) is 4.79 Å². The van der Waals surface area contributed by atoms with Crippen molar-refractivity contribution in [1.82, 2.24) is 9.80 Å². The molecule has 1 aromatic rings. The van der Waals surface area contributed by atoms with Crippen molar-refractivity contribution in [3.05, 3.63) is 35.9 Å². The number of ether oxygens (including phenoxy) is 2. The normalized spacial score (nSPS) is 14.3. The van der Waals surface area contributed by atoms with E-state index in [-0.39, 0.29) is 13.2 Å². The second-order valence-corrected chi connectivity index (χ2v) is 8.41. The van der Waals surface area contributed by atoms with E-state index in [0.717, 1.165) is 5.56 Å². The van der Waals surface area contributed by atoms with E-state index < -0.39 is 41.6 Å². The van der Waals surface area contributed by atoms with E-state index in [1.807, 2.05) is 30.3 Å². The van der Waals surface area contributed by atoms with Crippen LogP contribution < -0.4 is 0 Å². The zero-order chi connectivity index (χ0) is 23.1. The zero-order valence-electron chi connectivity index (χ0n) is 18.9. The van der Waals surface area contributed by atoms with Crippen molar-refractivity contribution in [3.8, 4) is 0 Å². The molecule has 1 N–H and O–H groups in total. The molecule has 0 saturated carbocycles. The van der Waals surface area contributed by atoms with E-state index in [1.54, 1.807) is 34.6 Å². The Kier molecular flexibility index (Phi) is 9.29. The molecule has 3 atom stereocenters. The molecule has 1 aromatic carbocycles. The molecular formula is C22H34N2O6. The first-order valence-corrected chi connectivity index (χ1v) is 9.93. The van der Waals surface area contributed by atoms with Gasteiger partial charge in [0.15, 0.2) is 0 Å². The smallest absolute Gasteiger partial charge is 0.410 e. The van der Waals surface area contributed by atoms with E-state index in [0.29, 0.717) is 0 Å². The third-order valence-electron chi connectivity index (χ3n) is 4.68. The first kappa shape index (κ1) is 25.4. The molecule has 0 aromatic heterocycles. The van der Waals surface area contributed by atoms with Crippen LogP contribution in [-0.4, -0.2) is 71.3 Å². The van der Waals surface area contributed by atoms with Crippen molar-refractivity contribution in [2.24, 2.45) is 5.92 Å². The molecular weight excluding hydrogens is 388 g/mol. The highest BCUT2D eigenvalue weighted by molar-refractivity contribution is 5.89. The molecule has 2 amide bonds. The van der Waals surface area contributed by atoms with Gasteiger partial charge in [-0.2, -0.15) is 0 Å². The summed E-state index contributed by atoms with van der Waals surface area (Å²) in [6, 6.07) is 7.30. The van der Waals surface area contributed by atoms with Gasteiger partial charge in [-0.05, 0) is 33.3 Å². The van der Waals surface area contributed by atoms with Crippen LogP contribution in [0.3, 0.4) is 0 Å². The molecule has 8 heteroatoms. The van der Waals surface area contributed by atoms with Gasteiger partial charge in [-0.25, -0.2) is 9.59 Å². The molecule has 0 radical (unpaired) electrons. The van der Waals surface area contributed by atoms with Gasteiger partial charge in [0.05, 0.1) is 0 Å². The minimum absolute atomic E-state index is 0.0592. The number of amides is 2. The largest absolute Gasteiger partial charge is 0.459 e. The number of likely N-dealkylation sites (N-methyl/N-ethyl adjacent to an activating group) is 2. The molecule has 168 valence electrons. The molecule has 0 spiro atoms. The van der Waals surface area contributed by atoms with Gasteiger partial charge in [-0.3, -0.25) is 9.69 Å². The lowest BCUT2D eigenvalue weighted by molar-refractivity contribution is -0.159. The standard InChI is InChI=1S/C22H34N2O6/c1-15(13-25)18(20(27)29-14-17-11-9-8-10-12-17)24(7)19(26)16(2)23(6)21(28)30-22(3,4)5/h8-12,15-16,18,25H,13-14H2,1-7H3/t15-,16-,18+/m1/s1. The van der Waals surface area contributed by atoms with Crippen molar-refractivity contribution in [2.75, 3.05) is 20.7 Å². The van der Waals surface area contributed by atoms with Crippen LogP contribution in [0, 0.1) is 5.92 Å². The second-order valence-electron chi connectivity index (χ2n) is 8.41. The lowest BCUT2D eigenvalue weighted by Gasteiger charge is -2.34. The summed E-state index contributed by atoms with van der Waals surface area (Å²) >= 11 is 0. The van der Waals surface area contributed by atoms with Crippen molar-refractivity contribution in [1.29, 1.82) is 0 Å². The van der Waals surface area contributed by atoms with Gasteiger partial charge in [0.2, 0.25) is 5.91 Å². The molecule has 0 aliphatic rings. The van der Waals surface area contributed by atoms with Gasteiger partial charge in [-0.1, -0.05) is 37.3 Å². The highest BCUT2D eigenvalue weighted by atomic mass is 16.6. The number of hydrogen-bond acceptors (Lipinski definition) is 6. The molecule has 0 fully saturated rings. The van der Waals surface area contributed by atoms with E-state index in [9.17, 15) is 19.5 Å². The highest BCUT2D eigenvalue weighted by Crippen LogP contribution is 2.17. The first-order chi connectivity index (χ1) is 13.9. The molecule has 30 heavy (non-hydrogen) atoms. The summed E-state index contributed by atoms with van der Waals surface area (Å²) in [4.78, 5) is 40.4. The summed E-state index contributed by atoms with van der Waals surface area (Å²) in [5.74, 6) is -1.64. The Morgan fingerprint density at radius 2 is 1.60 bits per heavy atom. The van der Waals surface area contributed by atoms with Crippen LogP contribution >= 0.6 is 0 Å². The predicted molar refractivity (Wildman–Crippen MR) is 113 cm³/mol. The van der Waals surface area contributed by atoms with Gasteiger partial charge in [-0.15, -0.1) is 0 Å². The number of esters is 1. The minimum Gasteiger partial charge on any atom is -0.459 e. The summed E-state index contributed by atoms with van der Waals surface area (Å²) in [6.45, 7) is 8.17. The van der Waals surface area contributed by atoms with Gasteiger partial charge < -0.3 is 19.5 Å². The number of aliphatic hydroxyl groups excluding tert-OH is 1. The van der Waals surface area contributed by atoms with E-state index in [4.69, 9.17) is 9.47 Å². The maximum absolute atomic E-state index is 13.0. The number of nitrogens with zero attached hydrogens (tertiary/aromatic N) is 2. The fraction of sp³-hybridized carbons (Fsp3) is 0.591. The maximum atomic E-state index is 13.0. The predicted octanol–water partition coefficient (Wildman–Crippen LogP) is 2.44. The third-order valence-corrected chi connectivity index (χ3v) is 4.68. The third kappa shape index (κ3) is 7.33. The topological polar surface area (TPSA) is 96.4 Å². The minimum atomic E-state index is -0.999. The highest BCUT2D eigenvalue weighted by Gasteiger charge is 2.37. The summed E-state index contributed by atoms with van der Waals surface area (Å²) < 4.78 is 10.7. The Balaban J connectivity index is 2.90. The number of benzene rings is 1. The summed E-state index contributed by atoms with van der Waals surface area (Å²) in [6.07, 6.45) is -0.643. The Labute approximate surface area is 178 Å².